The molecule has 8 rings (SSSR count). The van der Waals surface area contributed by atoms with Crippen molar-refractivity contribution in [1.29, 1.82) is 0 Å². The summed E-state index contributed by atoms with van der Waals surface area (Å²) in [7, 11) is 0. The number of thiophene rings is 1. The third-order valence-electron chi connectivity index (χ3n) is 8.52. The first kappa shape index (κ1) is 27.6. The first-order valence-corrected chi connectivity index (χ1v) is 16.2. The van der Waals surface area contributed by atoms with Crippen LogP contribution in [-0.2, 0) is 11.8 Å². The number of para-hydroxylation sites is 1. The Balaban J connectivity index is 1.21. The van der Waals surface area contributed by atoms with E-state index >= 15 is 0 Å². The van der Waals surface area contributed by atoms with Gasteiger partial charge in [-0.3, -0.25) is 0 Å². The van der Waals surface area contributed by atoms with Gasteiger partial charge in [0.1, 0.15) is 11.4 Å². The van der Waals surface area contributed by atoms with Gasteiger partial charge in [0.25, 0.3) is 0 Å². The van der Waals surface area contributed by atoms with Crippen molar-refractivity contribution in [2.24, 2.45) is 0 Å². The Hall–Kier alpha value is -4.94. The molecule has 0 N–H and O–H groups in total. The quantitative estimate of drug-likeness (QED) is 0.189. The number of fused-ring (bicyclic) bond motifs is 6. The lowest BCUT2D eigenvalue weighted by molar-refractivity contribution is 0.485. The molecule has 45 heavy (non-hydrogen) atoms. The number of rotatable bonds is 6. The molecule has 8 aromatic rings. The standard InChI is InChI=1S/C39H32N4OS/c1-23(2)32-35-34(28-18-9-11-20-30(28)45-35)41-36(40-32)26-16-12-13-24(21-26)22-39(3,4)38-42-33(25-14-6-5-7-15-25)31-27-17-8-10-19-29(27)44-37(31)43-38/h5-21,23H,22H2,1-4H3. The van der Waals surface area contributed by atoms with E-state index in [9.17, 15) is 0 Å². The normalized spacial score (nSPS) is 12.3. The van der Waals surface area contributed by atoms with Gasteiger partial charge in [0.15, 0.2) is 5.82 Å². The molecule has 220 valence electrons. The number of hydrogen-bond donors (Lipinski definition) is 0. The van der Waals surface area contributed by atoms with Gasteiger partial charge < -0.3 is 4.42 Å². The fourth-order valence-electron chi connectivity index (χ4n) is 6.27. The third kappa shape index (κ3) is 4.77. The van der Waals surface area contributed by atoms with E-state index in [1.165, 1.54) is 20.3 Å². The zero-order valence-corrected chi connectivity index (χ0v) is 26.5. The van der Waals surface area contributed by atoms with Crippen molar-refractivity contribution in [3.63, 3.8) is 0 Å². The second-order valence-electron chi connectivity index (χ2n) is 12.7. The maximum absolute atomic E-state index is 6.30. The molecule has 4 aromatic heterocycles. The van der Waals surface area contributed by atoms with Crippen LogP contribution in [0.3, 0.4) is 0 Å². The second kappa shape index (κ2) is 10.6. The lowest BCUT2D eigenvalue weighted by Gasteiger charge is -2.24. The van der Waals surface area contributed by atoms with Crippen molar-refractivity contribution in [3.8, 4) is 22.6 Å². The van der Waals surface area contributed by atoms with E-state index in [2.05, 4.69) is 94.4 Å². The fraction of sp³-hybridized carbons (Fsp3) is 0.179. The maximum atomic E-state index is 6.30. The highest BCUT2D eigenvalue weighted by Crippen LogP contribution is 2.39. The van der Waals surface area contributed by atoms with Crippen molar-refractivity contribution in [2.45, 2.75) is 45.4 Å². The first-order chi connectivity index (χ1) is 21.9. The molecule has 0 saturated carbocycles. The minimum atomic E-state index is -0.382. The molecule has 0 bridgehead atoms. The van der Waals surface area contributed by atoms with Crippen molar-refractivity contribution in [1.82, 2.24) is 19.9 Å². The van der Waals surface area contributed by atoms with E-state index < -0.39 is 0 Å². The fourth-order valence-corrected chi connectivity index (χ4v) is 7.55. The van der Waals surface area contributed by atoms with E-state index in [-0.39, 0.29) is 11.3 Å². The second-order valence-corrected chi connectivity index (χ2v) is 13.7. The number of benzene rings is 4. The van der Waals surface area contributed by atoms with Gasteiger partial charge >= 0.3 is 0 Å². The van der Waals surface area contributed by atoms with Crippen molar-refractivity contribution in [3.05, 3.63) is 120 Å². The van der Waals surface area contributed by atoms with Crippen LogP contribution in [0.5, 0.6) is 0 Å². The van der Waals surface area contributed by atoms with Crippen LogP contribution in [0.4, 0.5) is 0 Å². The summed E-state index contributed by atoms with van der Waals surface area (Å²) in [5.74, 6) is 1.80. The Morgan fingerprint density at radius 1 is 0.733 bits per heavy atom. The van der Waals surface area contributed by atoms with Crippen LogP contribution < -0.4 is 0 Å². The highest BCUT2D eigenvalue weighted by Gasteiger charge is 2.28. The molecule has 0 aliphatic rings. The van der Waals surface area contributed by atoms with Crippen LogP contribution in [0.15, 0.2) is 108 Å². The summed E-state index contributed by atoms with van der Waals surface area (Å²) in [5.41, 5.74) is 7.33. The average Bonchev–Trinajstić information content (AvgIpc) is 3.62. The van der Waals surface area contributed by atoms with Crippen LogP contribution in [0.1, 0.15) is 50.7 Å². The largest absolute Gasteiger partial charge is 0.438 e. The van der Waals surface area contributed by atoms with E-state index in [0.29, 0.717) is 5.71 Å². The summed E-state index contributed by atoms with van der Waals surface area (Å²) in [5, 5.41) is 3.17. The number of hydrogen-bond acceptors (Lipinski definition) is 6. The number of aromatic nitrogens is 4. The summed E-state index contributed by atoms with van der Waals surface area (Å²) >= 11 is 1.78. The molecule has 4 aromatic carbocycles. The van der Waals surface area contributed by atoms with E-state index in [1.54, 1.807) is 11.3 Å². The molecule has 0 amide bonds. The van der Waals surface area contributed by atoms with E-state index in [1.807, 2.05) is 36.4 Å². The molecule has 0 spiro atoms. The smallest absolute Gasteiger partial charge is 0.231 e. The SMILES string of the molecule is CC(C)c1nc(-c2cccc(CC(C)(C)c3nc(-c4ccccc4)c4c(n3)oc3ccccc34)c2)nc2c1sc1ccccc12. The summed E-state index contributed by atoms with van der Waals surface area (Å²) in [6, 6.07) is 35.5. The zero-order chi connectivity index (χ0) is 30.7. The Morgan fingerprint density at radius 3 is 2.29 bits per heavy atom. The highest BCUT2D eigenvalue weighted by atomic mass is 32.1. The summed E-state index contributed by atoms with van der Waals surface area (Å²) in [6.07, 6.45) is 0.738. The van der Waals surface area contributed by atoms with Gasteiger partial charge in [-0.05, 0) is 36.1 Å². The molecule has 4 heterocycles. The molecule has 0 radical (unpaired) electrons. The Kier molecular flexibility index (Phi) is 6.50. The van der Waals surface area contributed by atoms with Crippen LogP contribution in [0.2, 0.25) is 0 Å². The monoisotopic (exact) mass is 604 g/mol. The van der Waals surface area contributed by atoms with Crippen molar-refractivity contribution >= 4 is 53.7 Å². The van der Waals surface area contributed by atoms with Gasteiger partial charge in [-0.25, -0.2) is 15.0 Å². The van der Waals surface area contributed by atoms with Gasteiger partial charge in [-0.15, -0.1) is 11.3 Å². The Bertz CT molecular complexity index is 2370. The Morgan fingerprint density at radius 2 is 1.47 bits per heavy atom. The summed E-state index contributed by atoms with van der Waals surface area (Å²) in [6.45, 7) is 8.82. The highest BCUT2D eigenvalue weighted by molar-refractivity contribution is 7.25. The Labute approximate surface area is 265 Å². The topological polar surface area (TPSA) is 64.7 Å². The average molecular weight is 605 g/mol. The van der Waals surface area contributed by atoms with Gasteiger partial charge in [0.05, 0.1) is 27.0 Å². The third-order valence-corrected chi connectivity index (χ3v) is 9.70. The van der Waals surface area contributed by atoms with Gasteiger partial charge in [0, 0.05) is 32.0 Å². The van der Waals surface area contributed by atoms with Crippen LogP contribution >= 0.6 is 11.3 Å². The van der Waals surface area contributed by atoms with E-state index in [0.717, 1.165) is 62.5 Å². The molecular weight excluding hydrogens is 573 g/mol. The van der Waals surface area contributed by atoms with Crippen LogP contribution in [0, 0.1) is 0 Å². The molecule has 0 atom stereocenters. The zero-order valence-electron chi connectivity index (χ0n) is 25.7. The molecule has 6 heteroatoms. The van der Waals surface area contributed by atoms with Gasteiger partial charge in [-0.2, -0.15) is 4.98 Å². The molecule has 0 fully saturated rings. The van der Waals surface area contributed by atoms with Gasteiger partial charge in [0.2, 0.25) is 5.71 Å². The first-order valence-electron chi connectivity index (χ1n) is 15.4. The molecule has 0 aliphatic carbocycles. The molecule has 0 aliphatic heterocycles. The predicted octanol–water partition coefficient (Wildman–Crippen LogP) is 10.5. The summed E-state index contributed by atoms with van der Waals surface area (Å²) < 4.78 is 8.72. The van der Waals surface area contributed by atoms with Crippen molar-refractivity contribution in [2.75, 3.05) is 0 Å². The van der Waals surface area contributed by atoms with Crippen LogP contribution in [0.25, 0.3) is 65.0 Å². The maximum Gasteiger partial charge on any atom is 0.231 e. The van der Waals surface area contributed by atoms with Crippen molar-refractivity contribution < 1.29 is 4.42 Å². The molecular formula is C39H32N4OS. The molecule has 0 saturated heterocycles. The summed E-state index contributed by atoms with van der Waals surface area (Å²) in [4.78, 5) is 20.5. The minimum absolute atomic E-state index is 0.286. The lowest BCUT2D eigenvalue weighted by Crippen LogP contribution is -2.24. The minimum Gasteiger partial charge on any atom is -0.438 e. The number of furan rings is 1. The predicted molar refractivity (Wildman–Crippen MR) is 186 cm³/mol. The van der Waals surface area contributed by atoms with Crippen LogP contribution in [-0.4, -0.2) is 19.9 Å². The lowest BCUT2D eigenvalue weighted by atomic mass is 9.84. The number of nitrogens with zero attached hydrogens (tertiary/aromatic N) is 4. The van der Waals surface area contributed by atoms with E-state index in [4.69, 9.17) is 24.4 Å². The van der Waals surface area contributed by atoms with Gasteiger partial charge in [-0.1, -0.05) is 113 Å². The molecule has 5 nitrogen and oxygen atoms in total. The molecule has 0 unspecified atom stereocenters.